The SMILES string of the molecule is O=C(O)CS(=O)(=O)Nc1ccccc1O. The van der Waals surface area contributed by atoms with E-state index in [-0.39, 0.29) is 11.4 Å². The molecule has 1 aromatic rings. The zero-order chi connectivity index (χ0) is 11.5. The summed E-state index contributed by atoms with van der Waals surface area (Å²) < 4.78 is 24.3. The number of phenolic OH excluding ortho intramolecular Hbond substituents is 1. The Kier molecular flexibility index (Phi) is 3.15. The van der Waals surface area contributed by atoms with Crippen molar-refractivity contribution in [3.63, 3.8) is 0 Å². The van der Waals surface area contributed by atoms with Crippen LogP contribution < -0.4 is 4.72 Å². The van der Waals surface area contributed by atoms with Crippen molar-refractivity contribution in [3.8, 4) is 5.75 Å². The number of anilines is 1. The zero-order valence-corrected chi connectivity index (χ0v) is 8.36. The first-order chi connectivity index (χ1) is 6.91. The molecule has 0 spiro atoms. The molecule has 1 aromatic carbocycles. The number of carboxylic acid groups (broad SMARTS) is 1. The Bertz CT molecular complexity index is 468. The van der Waals surface area contributed by atoms with Crippen LogP contribution in [0.5, 0.6) is 5.75 Å². The number of aliphatic carboxylic acids is 1. The fourth-order valence-electron chi connectivity index (χ4n) is 0.926. The summed E-state index contributed by atoms with van der Waals surface area (Å²) in [5.41, 5.74) is -0.0428. The van der Waals surface area contributed by atoms with Crippen LogP contribution in [0, 0.1) is 0 Å². The van der Waals surface area contributed by atoms with E-state index in [2.05, 4.69) is 0 Å². The van der Waals surface area contributed by atoms with Gasteiger partial charge in [0.05, 0.1) is 5.69 Å². The molecule has 0 unspecified atom stereocenters. The van der Waals surface area contributed by atoms with Gasteiger partial charge in [0.2, 0.25) is 10.0 Å². The number of benzene rings is 1. The minimum Gasteiger partial charge on any atom is -0.506 e. The molecule has 3 N–H and O–H groups in total. The van der Waals surface area contributed by atoms with Crippen LogP contribution in [0.2, 0.25) is 0 Å². The van der Waals surface area contributed by atoms with Crippen LogP contribution in [0.4, 0.5) is 5.69 Å². The maximum atomic E-state index is 11.2. The van der Waals surface area contributed by atoms with E-state index in [1.165, 1.54) is 24.3 Å². The lowest BCUT2D eigenvalue weighted by molar-refractivity contribution is -0.134. The number of nitrogens with one attached hydrogen (secondary N) is 1. The van der Waals surface area contributed by atoms with Gasteiger partial charge in [0.1, 0.15) is 5.75 Å². The van der Waals surface area contributed by atoms with Gasteiger partial charge in [0.25, 0.3) is 0 Å². The van der Waals surface area contributed by atoms with Crippen LogP contribution in [0.1, 0.15) is 0 Å². The van der Waals surface area contributed by atoms with Crippen molar-refractivity contribution >= 4 is 21.7 Å². The number of hydrogen-bond donors (Lipinski definition) is 3. The predicted octanol–water partition coefficient (Wildman–Crippen LogP) is 0.218. The lowest BCUT2D eigenvalue weighted by Crippen LogP contribution is -2.22. The number of rotatable bonds is 4. The first-order valence-electron chi connectivity index (χ1n) is 3.91. The lowest BCUT2D eigenvalue weighted by Gasteiger charge is -2.06. The molecule has 0 bridgehead atoms. The van der Waals surface area contributed by atoms with Gasteiger partial charge in [-0.3, -0.25) is 9.52 Å². The average Bonchev–Trinajstić information content (AvgIpc) is 2.06. The highest BCUT2D eigenvalue weighted by molar-refractivity contribution is 7.93. The number of carbonyl (C=O) groups is 1. The molecule has 82 valence electrons. The Morgan fingerprint density at radius 1 is 1.33 bits per heavy atom. The van der Waals surface area contributed by atoms with E-state index in [0.717, 1.165) is 0 Å². The Morgan fingerprint density at radius 3 is 2.47 bits per heavy atom. The van der Waals surface area contributed by atoms with Gasteiger partial charge in [0.15, 0.2) is 5.75 Å². The fraction of sp³-hybridized carbons (Fsp3) is 0.125. The highest BCUT2D eigenvalue weighted by Crippen LogP contribution is 2.22. The van der Waals surface area contributed by atoms with Crippen molar-refractivity contribution in [2.24, 2.45) is 0 Å². The summed E-state index contributed by atoms with van der Waals surface area (Å²) in [4.78, 5) is 10.2. The first kappa shape index (κ1) is 11.3. The van der Waals surface area contributed by atoms with Crippen molar-refractivity contribution in [1.82, 2.24) is 0 Å². The highest BCUT2D eigenvalue weighted by Gasteiger charge is 2.16. The number of sulfonamides is 1. The van der Waals surface area contributed by atoms with E-state index >= 15 is 0 Å². The molecule has 0 atom stereocenters. The Hall–Kier alpha value is -1.76. The molecule has 0 saturated carbocycles. The summed E-state index contributed by atoms with van der Waals surface area (Å²) >= 11 is 0. The third-order valence-electron chi connectivity index (χ3n) is 1.48. The molecule has 0 heterocycles. The molecule has 0 fully saturated rings. The topological polar surface area (TPSA) is 104 Å². The molecule has 0 amide bonds. The van der Waals surface area contributed by atoms with Gasteiger partial charge < -0.3 is 10.2 Å². The number of phenols is 1. The van der Waals surface area contributed by atoms with Crippen LogP contribution >= 0.6 is 0 Å². The average molecular weight is 231 g/mol. The third kappa shape index (κ3) is 3.47. The second kappa shape index (κ2) is 4.18. The molecule has 0 radical (unpaired) electrons. The van der Waals surface area contributed by atoms with Gasteiger partial charge in [-0.1, -0.05) is 12.1 Å². The van der Waals surface area contributed by atoms with Crippen molar-refractivity contribution in [3.05, 3.63) is 24.3 Å². The minimum atomic E-state index is -3.97. The molecule has 0 aliphatic carbocycles. The monoisotopic (exact) mass is 231 g/mol. The predicted molar refractivity (Wildman–Crippen MR) is 53.2 cm³/mol. The summed E-state index contributed by atoms with van der Waals surface area (Å²) in [5, 5.41) is 17.5. The number of aromatic hydroxyl groups is 1. The van der Waals surface area contributed by atoms with Crippen LogP contribution in [0.15, 0.2) is 24.3 Å². The molecular weight excluding hydrogens is 222 g/mol. The third-order valence-corrected chi connectivity index (χ3v) is 2.64. The maximum absolute atomic E-state index is 11.2. The van der Waals surface area contributed by atoms with Crippen molar-refractivity contribution in [1.29, 1.82) is 0 Å². The van der Waals surface area contributed by atoms with Crippen LogP contribution in [0.25, 0.3) is 0 Å². The normalized spacial score (nSPS) is 10.9. The largest absolute Gasteiger partial charge is 0.506 e. The Morgan fingerprint density at radius 2 is 1.93 bits per heavy atom. The van der Waals surface area contributed by atoms with Crippen LogP contribution in [0.3, 0.4) is 0 Å². The van der Waals surface area contributed by atoms with Gasteiger partial charge in [-0.25, -0.2) is 8.42 Å². The van der Waals surface area contributed by atoms with E-state index in [0.29, 0.717) is 0 Å². The lowest BCUT2D eigenvalue weighted by atomic mass is 10.3. The quantitative estimate of drug-likeness (QED) is 0.643. The minimum absolute atomic E-state index is 0.0428. The molecular formula is C8H9NO5S. The van der Waals surface area contributed by atoms with E-state index in [1.807, 2.05) is 4.72 Å². The molecule has 0 aliphatic heterocycles. The van der Waals surface area contributed by atoms with Crippen molar-refractivity contribution in [2.45, 2.75) is 0 Å². The van der Waals surface area contributed by atoms with Gasteiger partial charge in [0, 0.05) is 0 Å². The summed E-state index contributed by atoms with van der Waals surface area (Å²) in [6.07, 6.45) is 0. The van der Waals surface area contributed by atoms with E-state index in [4.69, 9.17) is 5.11 Å². The smallest absolute Gasteiger partial charge is 0.320 e. The Balaban J connectivity index is 2.87. The van der Waals surface area contributed by atoms with E-state index in [9.17, 15) is 18.3 Å². The number of hydrogen-bond acceptors (Lipinski definition) is 4. The molecule has 0 aliphatic rings. The second-order valence-corrected chi connectivity index (χ2v) is 4.49. The first-order valence-corrected chi connectivity index (χ1v) is 5.56. The summed E-state index contributed by atoms with van der Waals surface area (Å²) in [6.45, 7) is 0. The van der Waals surface area contributed by atoms with E-state index < -0.39 is 21.7 Å². The number of carboxylic acids is 1. The van der Waals surface area contributed by atoms with Gasteiger partial charge in [-0.2, -0.15) is 0 Å². The fourth-order valence-corrected chi connectivity index (χ4v) is 1.83. The van der Waals surface area contributed by atoms with E-state index in [1.54, 1.807) is 0 Å². The summed E-state index contributed by atoms with van der Waals surface area (Å²) in [5.74, 6) is -2.76. The second-order valence-electron chi connectivity index (χ2n) is 2.77. The Labute approximate surface area is 86.2 Å². The molecule has 0 saturated heterocycles. The summed E-state index contributed by atoms with van der Waals surface area (Å²) in [6, 6.07) is 5.65. The maximum Gasteiger partial charge on any atom is 0.320 e. The standard InChI is InChI=1S/C8H9NO5S/c10-7-4-2-1-3-6(7)9-15(13,14)5-8(11)12/h1-4,9-10H,5H2,(H,11,12). The molecule has 15 heavy (non-hydrogen) atoms. The molecule has 7 heteroatoms. The zero-order valence-electron chi connectivity index (χ0n) is 7.54. The van der Waals surface area contributed by atoms with Crippen LogP contribution in [-0.2, 0) is 14.8 Å². The summed E-state index contributed by atoms with van der Waals surface area (Å²) in [7, 11) is -3.97. The van der Waals surface area contributed by atoms with Crippen molar-refractivity contribution < 1.29 is 23.4 Å². The van der Waals surface area contributed by atoms with Crippen molar-refractivity contribution in [2.75, 3.05) is 10.5 Å². The van der Waals surface area contributed by atoms with Crippen LogP contribution in [-0.4, -0.2) is 30.4 Å². The highest BCUT2D eigenvalue weighted by atomic mass is 32.2. The number of para-hydroxylation sites is 2. The molecule has 6 nitrogen and oxygen atoms in total. The molecule has 1 rings (SSSR count). The van der Waals surface area contributed by atoms with Gasteiger partial charge >= 0.3 is 5.97 Å². The molecule has 0 aromatic heterocycles. The van der Waals surface area contributed by atoms with Gasteiger partial charge in [-0.05, 0) is 12.1 Å². The van der Waals surface area contributed by atoms with Gasteiger partial charge in [-0.15, -0.1) is 0 Å².